The second-order valence-electron chi connectivity index (χ2n) is 7.63. The van der Waals surface area contributed by atoms with Gasteiger partial charge >= 0.3 is 0 Å². The van der Waals surface area contributed by atoms with Crippen molar-refractivity contribution in [2.45, 2.75) is 96.6 Å². The highest BCUT2D eigenvalue weighted by Gasteiger charge is 2.19. The van der Waals surface area contributed by atoms with Crippen LogP contribution in [0.2, 0.25) is 5.02 Å². The van der Waals surface area contributed by atoms with E-state index < -0.39 is 6.10 Å². The van der Waals surface area contributed by atoms with Crippen molar-refractivity contribution in [3.05, 3.63) is 28.8 Å². The molecule has 1 amide bonds. The molecule has 1 saturated carbocycles. The Morgan fingerprint density at radius 3 is 2.12 bits per heavy atom. The number of halogens is 1. The lowest BCUT2D eigenvalue weighted by atomic mass is 9.98. The van der Waals surface area contributed by atoms with Gasteiger partial charge in [0.05, 0.1) is 0 Å². The monoisotopic (exact) mass is 379 g/mol. The molecule has 1 N–H and O–H groups in total. The summed E-state index contributed by atoms with van der Waals surface area (Å²) in [5.74, 6) is 0.701. The topological polar surface area (TPSA) is 38.3 Å². The second kappa shape index (κ2) is 11.5. The molecule has 4 heteroatoms. The molecule has 1 aliphatic rings. The van der Waals surface area contributed by atoms with Crippen LogP contribution >= 0.6 is 11.6 Å². The van der Waals surface area contributed by atoms with Gasteiger partial charge in [0.1, 0.15) is 5.75 Å². The maximum absolute atomic E-state index is 12.6. The number of amides is 1. The third-order valence-electron chi connectivity index (χ3n) is 5.26. The first-order chi connectivity index (χ1) is 12.6. The SMILES string of the molecule is Cc1cc(Cl)ccc1OC(C)C(=O)NC1CCCCCCCCCCC1. The molecule has 1 atom stereocenters. The Kier molecular flexibility index (Phi) is 9.31. The molecule has 0 aliphatic heterocycles. The van der Waals surface area contributed by atoms with Crippen LogP contribution < -0.4 is 10.1 Å². The van der Waals surface area contributed by atoms with E-state index in [1.54, 1.807) is 6.07 Å². The minimum atomic E-state index is -0.503. The van der Waals surface area contributed by atoms with Gasteiger partial charge in [-0.3, -0.25) is 4.79 Å². The predicted octanol–water partition coefficient (Wildman–Crippen LogP) is 6.21. The summed E-state index contributed by atoms with van der Waals surface area (Å²) in [4.78, 5) is 12.6. The first kappa shape index (κ1) is 21.1. The number of carbonyl (C=O) groups excluding carboxylic acids is 1. The molecule has 0 bridgehead atoms. The average Bonchev–Trinajstić information content (AvgIpc) is 2.59. The van der Waals surface area contributed by atoms with Gasteiger partial charge in [0.15, 0.2) is 6.10 Å². The van der Waals surface area contributed by atoms with E-state index in [0.717, 1.165) is 24.2 Å². The van der Waals surface area contributed by atoms with Crippen molar-refractivity contribution in [3.63, 3.8) is 0 Å². The summed E-state index contributed by atoms with van der Waals surface area (Å²) in [7, 11) is 0. The highest BCUT2D eigenvalue weighted by atomic mass is 35.5. The number of hydrogen-bond donors (Lipinski definition) is 1. The third kappa shape index (κ3) is 7.57. The molecule has 1 aromatic carbocycles. The van der Waals surface area contributed by atoms with Gasteiger partial charge in [-0.15, -0.1) is 0 Å². The van der Waals surface area contributed by atoms with Gasteiger partial charge in [0.25, 0.3) is 5.91 Å². The fourth-order valence-electron chi connectivity index (χ4n) is 3.62. The Bertz CT molecular complexity index is 549. The Balaban J connectivity index is 1.85. The van der Waals surface area contributed by atoms with E-state index in [1.807, 2.05) is 26.0 Å². The van der Waals surface area contributed by atoms with Crippen molar-refractivity contribution in [1.29, 1.82) is 0 Å². The largest absolute Gasteiger partial charge is 0.481 e. The molecule has 0 heterocycles. The third-order valence-corrected chi connectivity index (χ3v) is 5.50. The Morgan fingerprint density at radius 1 is 1.04 bits per heavy atom. The van der Waals surface area contributed by atoms with Gasteiger partial charge in [0, 0.05) is 11.1 Å². The molecule has 3 nitrogen and oxygen atoms in total. The van der Waals surface area contributed by atoms with E-state index in [9.17, 15) is 4.79 Å². The summed E-state index contributed by atoms with van der Waals surface area (Å²) in [6.45, 7) is 3.76. The minimum Gasteiger partial charge on any atom is -0.481 e. The van der Waals surface area contributed by atoms with E-state index in [4.69, 9.17) is 16.3 Å². The van der Waals surface area contributed by atoms with Crippen molar-refractivity contribution in [3.8, 4) is 5.75 Å². The highest BCUT2D eigenvalue weighted by molar-refractivity contribution is 6.30. The number of rotatable bonds is 4. The summed E-state index contributed by atoms with van der Waals surface area (Å²) >= 11 is 5.99. The van der Waals surface area contributed by atoms with Crippen LogP contribution in [-0.4, -0.2) is 18.1 Å². The van der Waals surface area contributed by atoms with Crippen LogP contribution in [-0.2, 0) is 4.79 Å². The van der Waals surface area contributed by atoms with Crippen molar-refractivity contribution in [1.82, 2.24) is 5.32 Å². The summed E-state index contributed by atoms with van der Waals surface area (Å²) in [5, 5.41) is 3.91. The first-order valence-electron chi connectivity index (χ1n) is 10.3. The smallest absolute Gasteiger partial charge is 0.260 e. The molecular formula is C22H34ClNO2. The molecule has 0 spiro atoms. The number of nitrogens with one attached hydrogen (secondary N) is 1. The van der Waals surface area contributed by atoms with Gasteiger partial charge in [-0.1, -0.05) is 69.4 Å². The molecule has 2 rings (SSSR count). The quantitative estimate of drug-likeness (QED) is 0.675. The lowest BCUT2D eigenvalue weighted by Crippen LogP contribution is -2.42. The normalized spacial score (nSPS) is 19.0. The fourth-order valence-corrected chi connectivity index (χ4v) is 3.84. The molecule has 1 fully saturated rings. The van der Waals surface area contributed by atoms with Crippen molar-refractivity contribution >= 4 is 17.5 Å². The average molecular weight is 380 g/mol. The van der Waals surface area contributed by atoms with Crippen LogP contribution in [0.1, 0.15) is 83.1 Å². The molecule has 0 radical (unpaired) electrons. The Hall–Kier alpha value is -1.22. The number of aryl methyl sites for hydroxylation is 1. The van der Waals surface area contributed by atoms with Gasteiger partial charge in [-0.2, -0.15) is 0 Å². The fraction of sp³-hybridized carbons (Fsp3) is 0.682. The van der Waals surface area contributed by atoms with Gasteiger partial charge in [-0.05, 0) is 50.5 Å². The van der Waals surface area contributed by atoms with E-state index in [0.29, 0.717) is 5.02 Å². The summed E-state index contributed by atoms with van der Waals surface area (Å²) < 4.78 is 5.87. The minimum absolute atomic E-state index is 0.0172. The second-order valence-corrected chi connectivity index (χ2v) is 8.07. The van der Waals surface area contributed by atoms with E-state index in [-0.39, 0.29) is 11.9 Å². The number of ether oxygens (including phenoxy) is 1. The van der Waals surface area contributed by atoms with Crippen LogP contribution in [0, 0.1) is 6.92 Å². The standard InChI is InChI=1S/C22H34ClNO2/c1-17-16-19(23)14-15-21(17)26-18(2)22(25)24-20-12-10-8-6-4-3-5-7-9-11-13-20/h14-16,18,20H,3-13H2,1-2H3,(H,24,25). The lowest BCUT2D eigenvalue weighted by molar-refractivity contribution is -0.128. The zero-order valence-corrected chi connectivity index (χ0v) is 17.1. The van der Waals surface area contributed by atoms with E-state index in [2.05, 4.69) is 5.32 Å². The summed E-state index contributed by atoms with van der Waals surface area (Å²) in [6, 6.07) is 5.76. The van der Waals surface area contributed by atoms with Crippen molar-refractivity contribution in [2.24, 2.45) is 0 Å². The molecule has 1 aliphatic carbocycles. The highest BCUT2D eigenvalue weighted by Crippen LogP contribution is 2.23. The van der Waals surface area contributed by atoms with Crippen LogP contribution in [0.5, 0.6) is 5.75 Å². The lowest BCUT2D eigenvalue weighted by Gasteiger charge is -2.22. The molecular weight excluding hydrogens is 346 g/mol. The molecule has 1 aromatic rings. The zero-order chi connectivity index (χ0) is 18.8. The number of benzene rings is 1. The molecule has 26 heavy (non-hydrogen) atoms. The van der Waals surface area contributed by atoms with E-state index in [1.165, 1.54) is 57.8 Å². The molecule has 1 unspecified atom stereocenters. The number of hydrogen-bond acceptors (Lipinski definition) is 2. The Morgan fingerprint density at radius 2 is 1.58 bits per heavy atom. The number of carbonyl (C=O) groups is 1. The Labute approximate surface area is 163 Å². The molecule has 0 aromatic heterocycles. The maximum atomic E-state index is 12.6. The van der Waals surface area contributed by atoms with Crippen LogP contribution in [0.4, 0.5) is 0 Å². The van der Waals surface area contributed by atoms with E-state index >= 15 is 0 Å². The molecule has 146 valence electrons. The summed E-state index contributed by atoms with van der Waals surface area (Å²) in [5.41, 5.74) is 0.947. The zero-order valence-electron chi connectivity index (χ0n) is 16.4. The van der Waals surface area contributed by atoms with Crippen LogP contribution in [0.3, 0.4) is 0 Å². The predicted molar refractivity (Wildman–Crippen MR) is 109 cm³/mol. The molecule has 0 saturated heterocycles. The summed E-state index contributed by atoms with van der Waals surface area (Å²) in [6.07, 6.45) is 13.4. The van der Waals surface area contributed by atoms with Gasteiger partial charge in [0.2, 0.25) is 0 Å². The van der Waals surface area contributed by atoms with Crippen molar-refractivity contribution < 1.29 is 9.53 Å². The van der Waals surface area contributed by atoms with Gasteiger partial charge in [-0.25, -0.2) is 0 Å². The van der Waals surface area contributed by atoms with Crippen LogP contribution in [0.15, 0.2) is 18.2 Å². The van der Waals surface area contributed by atoms with Gasteiger partial charge < -0.3 is 10.1 Å². The van der Waals surface area contributed by atoms with Crippen molar-refractivity contribution in [2.75, 3.05) is 0 Å². The van der Waals surface area contributed by atoms with Crippen LogP contribution in [0.25, 0.3) is 0 Å². The first-order valence-corrected chi connectivity index (χ1v) is 10.7. The maximum Gasteiger partial charge on any atom is 0.260 e.